The van der Waals surface area contributed by atoms with Crippen LogP contribution in [0.4, 0.5) is 0 Å². The summed E-state index contributed by atoms with van der Waals surface area (Å²) in [6.07, 6.45) is -0.422. The zero-order chi connectivity index (χ0) is 18.4. The fraction of sp³-hybridized carbons (Fsp3) is 0.333. The predicted octanol–water partition coefficient (Wildman–Crippen LogP) is 4.70. The van der Waals surface area contributed by atoms with Crippen molar-refractivity contribution in [1.29, 1.82) is 0 Å². The summed E-state index contributed by atoms with van der Waals surface area (Å²) in [5.74, 6) is 1.12. The molecule has 0 radical (unpaired) electrons. The SMILES string of the molecule is COc1cc(CNCC(C)O)c(Cl)cc1OCc1ccc(Cl)c(Cl)c1. The molecule has 2 aromatic rings. The first-order chi connectivity index (χ1) is 11.9. The third-order valence-corrected chi connectivity index (χ3v) is 4.56. The first-order valence-electron chi connectivity index (χ1n) is 7.72. The summed E-state index contributed by atoms with van der Waals surface area (Å²) < 4.78 is 11.2. The molecule has 0 amide bonds. The van der Waals surface area contributed by atoms with Gasteiger partial charge >= 0.3 is 0 Å². The molecule has 7 heteroatoms. The average molecular weight is 405 g/mol. The highest BCUT2D eigenvalue weighted by molar-refractivity contribution is 6.42. The molecule has 0 aliphatic rings. The lowest BCUT2D eigenvalue weighted by molar-refractivity contribution is 0.191. The Labute approximate surface area is 162 Å². The number of nitrogens with one attached hydrogen (secondary N) is 1. The van der Waals surface area contributed by atoms with Gasteiger partial charge in [-0.2, -0.15) is 0 Å². The van der Waals surface area contributed by atoms with Crippen molar-refractivity contribution in [3.8, 4) is 11.5 Å². The summed E-state index contributed by atoms with van der Waals surface area (Å²) in [7, 11) is 1.57. The van der Waals surface area contributed by atoms with Gasteiger partial charge in [-0.3, -0.25) is 0 Å². The number of benzene rings is 2. The van der Waals surface area contributed by atoms with Crippen LogP contribution in [0.25, 0.3) is 0 Å². The molecular formula is C18H20Cl3NO3. The Balaban J connectivity index is 2.09. The van der Waals surface area contributed by atoms with E-state index in [1.54, 1.807) is 32.2 Å². The molecule has 4 nitrogen and oxygen atoms in total. The van der Waals surface area contributed by atoms with Crippen molar-refractivity contribution in [2.45, 2.75) is 26.2 Å². The highest BCUT2D eigenvalue weighted by Crippen LogP contribution is 2.34. The highest BCUT2D eigenvalue weighted by atomic mass is 35.5. The maximum absolute atomic E-state index is 9.30. The van der Waals surface area contributed by atoms with Crippen molar-refractivity contribution in [2.24, 2.45) is 0 Å². The second kappa shape index (κ2) is 9.51. The van der Waals surface area contributed by atoms with E-state index >= 15 is 0 Å². The predicted molar refractivity (Wildman–Crippen MR) is 102 cm³/mol. The van der Waals surface area contributed by atoms with Crippen LogP contribution in [0.15, 0.2) is 30.3 Å². The molecule has 0 fully saturated rings. The molecule has 0 saturated heterocycles. The van der Waals surface area contributed by atoms with Gasteiger partial charge in [0.1, 0.15) is 6.61 Å². The largest absolute Gasteiger partial charge is 0.493 e. The molecule has 0 aliphatic heterocycles. The standard InChI is InChI=1S/C18H20Cl3NO3/c1-11(23)8-22-9-13-6-17(24-2)18(7-15(13)20)25-10-12-3-4-14(19)16(21)5-12/h3-7,11,22-23H,8-10H2,1-2H3. The van der Waals surface area contributed by atoms with Crippen molar-refractivity contribution in [3.63, 3.8) is 0 Å². The number of ether oxygens (including phenoxy) is 2. The van der Waals surface area contributed by atoms with E-state index in [1.165, 1.54) is 0 Å². The van der Waals surface area contributed by atoms with Crippen LogP contribution in [0.1, 0.15) is 18.1 Å². The van der Waals surface area contributed by atoms with Crippen LogP contribution in [0.2, 0.25) is 15.1 Å². The van der Waals surface area contributed by atoms with Gasteiger partial charge in [0.2, 0.25) is 0 Å². The number of aliphatic hydroxyl groups is 1. The molecule has 0 aromatic heterocycles. The molecule has 2 aromatic carbocycles. The van der Waals surface area contributed by atoms with Gasteiger partial charge in [0, 0.05) is 24.2 Å². The van der Waals surface area contributed by atoms with Gasteiger partial charge in [0.25, 0.3) is 0 Å². The minimum Gasteiger partial charge on any atom is -0.493 e. The Morgan fingerprint density at radius 3 is 2.44 bits per heavy atom. The van der Waals surface area contributed by atoms with Crippen molar-refractivity contribution < 1.29 is 14.6 Å². The maximum Gasteiger partial charge on any atom is 0.163 e. The van der Waals surface area contributed by atoms with Gasteiger partial charge in [-0.15, -0.1) is 0 Å². The fourth-order valence-corrected chi connectivity index (χ4v) is 2.73. The number of hydrogen-bond donors (Lipinski definition) is 2. The van der Waals surface area contributed by atoms with Gasteiger partial charge in [-0.05, 0) is 36.2 Å². The molecule has 0 saturated carbocycles. The number of halogens is 3. The van der Waals surface area contributed by atoms with Gasteiger partial charge in [0.05, 0.1) is 23.3 Å². The summed E-state index contributed by atoms with van der Waals surface area (Å²) in [5.41, 5.74) is 1.75. The third-order valence-electron chi connectivity index (χ3n) is 3.47. The van der Waals surface area contributed by atoms with Gasteiger partial charge < -0.3 is 19.9 Å². The maximum atomic E-state index is 9.30. The molecule has 2 rings (SSSR count). The fourth-order valence-electron chi connectivity index (χ4n) is 2.19. The lowest BCUT2D eigenvalue weighted by atomic mass is 10.2. The Morgan fingerprint density at radius 2 is 1.80 bits per heavy atom. The smallest absolute Gasteiger partial charge is 0.163 e. The molecule has 1 unspecified atom stereocenters. The van der Waals surface area contributed by atoms with E-state index in [1.807, 2.05) is 12.1 Å². The van der Waals surface area contributed by atoms with Gasteiger partial charge in [-0.25, -0.2) is 0 Å². The lowest BCUT2D eigenvalue weighted by Gasteiger charge is -2.15. The summed E-state index contributed by atoms with van der Waals surface area (Å²) in [4.78, 5) is 0. The zero-order valence-electron chi connectivity index (χ0n) is 14.0. The van der Waals surface area contributed by atoms with E-state index in [2.05, 4.69) is 5.32 Å². The van der Waals surface area contributed by atoms with Crippen LogP contribution < -0.4 is 14.8 Å². The van der Waals surface area contributed by atoms with Crippen LogP contribution in [0.3, 0.4) is 0 Å². The number of hydrogen-bond acceptors (Lipinski definition) is 4. The van der Waals surface area contributed by atoms with E-state index in [-0.39, 0.29) is 0 Å². The van der Waals surface area contributed by atoms with Crippen molar-refractivity contribution in [1.82, 2.24) is 5.32 Å². The quantitative estimate of drug-likeness (QED) is 0.669. The molecule has 2 N–H and O–H groups in total. The molecular weight excluding hydrogens is 385 g/mol. The Morgan fingerprint density at radius 1 is 1.04 bits per heavy atom. The minimum atomic E-state index is -0.422. The van der Waals surface area contributed by atoms with Crippen LogP contribution in [-0.4, -0.2) is 24.9 Å². The van der Waals surface area contributed by atoms with Crippen LogP contribution in [-0.2, 0) is 13.2 Å². The van der Waals surface area contributed by atoms with Crippen LogP contribution in [0.5, 0.6) is 11.5 Å². The molecule has 0 bridgehead atoms. The van der Waals surface area contributed by atoms with Gasteiger partial charge in [-0.1, -0.05) is 40.9 Å². The second-order valence-corrected chi connectivity index (χ2v) is 6.83. The number of rotatable bonds is 8. The molecule has 1 atom stereocenters. The second-order valence-electron chi connectivity index (χ2n) is 5.61. The molecule has 0 heterocycles. The molecule has 0 spiro atoms. The lowest BCUT2D eigenvalue weighted by Crippen LogP contribution is -2.24. The summed E-state index contributed by atoms with van der Waals surface area (Å²) in [6.45, 7) is 3.03. The van der Waals surface area contributed by atoms with Crippen molar-refractivity contribution >= 4 is 34.8 Å². The summed E-state index contributed by atoms with van der Waals surface area (Å²) in [6, 6.07) is 8.87. The highest BCUT2D eigenvalue weighted by Gasteiger charge is 2.11. The number of methoxy groups -OCH3 is 1. The Bertz CT molecular complexity index is 723. The van der Waals surface area contributed by atoms with Crippen LogP contribution >= 0.6 is 34.8 Å². The van der Waals surface area contributed by atoms with E-state index in [0.29, 0.717) is 46.3 Å². The topological polar surface area (TPSA) is 50.7 Å². The first-order valence-corrected chi connectivity index (χ1v) is 8.86. The van der Waals surface area contributed by atoms with E-state index < -0.39 is 6.10 Å². The number of aliphatic hydroxyl groups excluding tert-OH is 1. The van der Waals surface area contributed by atoms with E-state index in [4.69, 9.17) is 44.3 Å². The van der Waals surface area contributed by atoms with Gasteiger partial charge in [0.15, 0.2) is 11.5 Å². The Kier molecular flexibility index (Phi) is 7.66. The average Bonchev–Trinajstić information content (AvgIpc) is 2.57. The van der Waals surface area contributed by atoms with Crippen molar-refractivity contribution in [3.05, 3.63) is 56.5 Å². The summed E-state index contributed by atoms with van der Waals surface area (Å²) >= 11 is 18.3. The molecule has 25 heavy (non-hydrogen) atoms. The zero-order valence-corrected chi connectivity index (χ0v) is 16.3. The van der Waals surface area contributed by atoms with E-state index in [0.717, 1.165) is 11.1 Å². The summed E-state index contributed by atoms with van der Waals surface area (Å²) in [5, 5.41) is 14.0. The molecule has 136 valence electrons. The molecule has 0 aliphatic carbocycles. The third kappa shape index (κ3) is 5.94. The first kappa shape index (κ1) is 20.1. The normalized spacial score (nSPS) is 12.1. The van der Waals surface area contributed by atoms with Crippen molar-refractivity contribution in [2.75, 3.05) is 13.7 Å². The monoisotopic (exact) mass is 403 g/mol. The van der Waals surface area contributed by atoms with Crippen LogP contribution in [0, 0.1) is 0 Å². The van der Waals surface area contributed by atoms with E-state index in [9.17, 15) is 5.11 Å². The Hall–Kier alpha value is -1.17. The minimum absolute atomic E-state index is 0.309.